The fourth-order valence-electron chi connectivity index (χ4n) is 2.61. The second-order valence-electron chi connectivity index (χ2n) is 6.11. The van der Waals surface area contributed by atoms with Gasteiger partial charge >= 0.3 is 5.97 Å². The van der Waals surface area contributed by atoms with Crippen LogP contribution in [-0.4, -0.2) is 16.9 Å². The molecule has 3 nitrogen and oxygen atoms in total. The largest absolute Gasteiger partial charge is 0.432 e. The van der Waals surface area contributed by atoms with Gasteiger partial charge in [0.05, 0.1) is 12.2 Å². The topological polar surface area (TPSA) is 29.5 Å². The number of carbonyl (C=O) groups is 1. The van der Waals surface area contributed by atoms with Crippen LogP contribution in [0.2, 0.25) is 0 Å². The molecule has 0 aliphatic heterocycles. The number of allylic oxidation sites excluding steroid dienone is 1. The maximum atomic E-state index is 12.0. The molecule has 1 atom stereocenters. The van der Waals surface area contributed by atoms with Crippen molar-refractivity contribution in [2.24, 2.45) is 0 Å². The molecule has 0 N–H and O–H groups in total. The van der Waals surface area contributed by atoms with E-state index in [0.29, 0.717) is 12.2 Å². The van der Waals surface area contributed by atoms with E-state index < -0.39 is 0 Å². The first-order valence-electron chi connectivity index (χ1n) is 8.22. The van der Waals surface area contributed by atoms with E-state index >= 15 is 0 Å². The fourth-order valence-corrected chi connectivity index (χ4v) is 2.61. The number of hydrogen-bond donors (Lipinski definition) is 0. The summed E-state index contributed by atoms with van der Waals surface area (Å²) < 4.78 is 5.11. The molecule has 0 fully saturated rings. The predicted molar refractivity (Wildman–Crippen MR) is 97.1 cm³/mol. The van der Waals surface area contributed by atoms with Crippen LogP contribution in [0.25, 0.3) is 0 Å². The number of carbonyl (C=O) groups excluding carboxylic acids is 1. The summed E-state index contributed by atoms with van der Waals surface area (Å²) in [5.74, 6) is 0.200. The van der Waals surface area contributed by atoms with E-state index in [1.165, 1.54) is 11.1 Å². The first kappa shape index (κ1) is 18.0. The molecule has 0 heterocycles. The summed E-state index contributed by atoms with van der Waals surface area (Å²) in [6.07, 6.45) is 0.340. The second-order valence-corrected chi connectivity index (χ2v) is 6.11. The third-order valence-electron chi connectivity index (χ3n) is 3.83. The minimum absolute atomic E-state index is 0.0669. The van der Waals surface area contributed by atoms with E-state index in [-0.39, 0.29) is 12.0 Å². The number of rotatable bonds is 8. The van der Waals surface area contributed by atoms with Crippen LogP contribution in [-0.2, 0) is 22.6 Å². The summed E-state index contributed by atoms with van der Waals surface area (Å²) in [7, 11) is 0. The highest BCUT2D eigenvalue weighted by Crippen LogP contribution is 2.16. The lowest BCUT2D eigenvalue weighted by Gasteiger charge is -2.29. The highest BCUT2D eigenvalue weighted by atomic mass is 16.5. The van der Waals surface area contributed by atoms with Crippen LogP contribution in [0.3, 0.4) is 0 Å². The van der Waals surface area contributed by atoms with E-state index in [4.69, 9.17) is 4.74 Å². The normalized spacial score (nSPS) is 12.0. The molecule has 2 aromatic carbocycles. The lowest BCUT2D eigenvalue weighted by atomic mass is 10.1. The van der Waals surface area contributed by atoms with Crippen molar-refractivity contribution in [3.8, 4) is 0 Å². The molecule has 0 bridgehead atoms. The Morgan fingerprint density at radius 2 is 1.46 bits per heavy atom. The van der Waals surface area contributed by atoms with Gasteiger partial charge in [-0.2, -0.15) is 0 Å². The Balaban J connectivity index is 2.09. The van der Waals surface area contributed by atoms with Gasteiger partial charge in [0, 0.05) is 19.1 Å². The van der Waals surface area contributed by atoms with Gasteiger partial charge in [0.2, 0.25) is 0 Å². The van der Waals surface area contributed by atoms with Gasteiger partial charge in [-0.15, -0.1) is 0 Å². The molecule has 2 aromatic rings. The van der Waals surface area contributed by atoms with Crippen LogP contribution >= 0.6 is 0 Å². The van der Waals surface area contributed by atoms with Gasteiger partial charge in [0.15, 0.2) is 0 Å². The number of esters is 1. The van der Waals surface area contributed by atoms with Crippen LogP contribution in [0.15, 0.2) is 73.0 Å². The van der Waals surface area contributed by atoms with E-state index in [1.54, 1.807) is 6.92 Å². The van der Waals surface area contributed by atoms with Gasteiger partial charge in [-0.3, -0.25) is 9.69 Å². The standard InChI is InChI=1S/C21H25NO2/c1-17(2)24-21(23)14-18(3)22(15-19-10-6-4-7-11-19)16-20-12-8-5-9-13-20/h4-13,18H,1,14-16H2,2-3H3/t18-/m0/s1. The number of nitrogens with zero attached hydrogens (tertiary/aromatic N) is 1. The Morgan fingerprint density at radius 1 is 1.00 bits per heavy atom. The number of ether oxygens (including phenoxy) is 1. The Labute approximate surface area is 144 Å². The van der Waals surface area contributed by atoms with Gasteiger partial charge in [0.25, 0.3) is 0 Å². The summed E-state index contributed by atoms with van der Waals surface area (Å²) in [5, 5.41) is 0. The van der Waals surface area contributed by atoms with Gasteiger partial charge < -0.3 is 4.74 Å². The van der Waals surface area contributed by atoms with Crippen molar-refractivity contribution in [1.82, 2.24) is 4.90 Å². The van der Waals surface area contributed by atoms with E-state index in [2.05, 4.69) is 42.7 Å². The van der Waals surface area contributed by atoms with Crippen molar-refractivity contribution in [2.75, 3.05) is 0 Å². The molecule has 0 spiro atoms. The van der Waals surface area contributed by atoms with Crippen molar-refractivity contribution >= 4 is 5.97 Å². The molecule has 0 amide bonds. The van der Waals surface area contributed by atoms with Crippen LogP contribution in [0.4, 0.5) is 0 Å². The number of benzene rings is 2. The Bertz CT molecular complexity index is 611. The molecule has 0 aliphatic rings. The van der Waals surface area contributed by atoms with E-state index in [9.17, 15) is 4.79 Å². The minimum Gasteiger partial charge on any atom is -0.432 e. The maximum Gasteiger partial charge on any atom is 0.312 e. The van der Waals surface area contributed by atoms with Gasteiger partial charge in [0.1, 0.15) is 0 Å². The second kappa shape index (κ2) is 9.04. The lowest BCUT2D eigenvalue weighted by Crippen LogP contribution is -2.34. The summed E-state index contributed by atoms with van der Waals surface area (Å²) in [4.78, 5) is 14.3. The maximum absolute atomic E-state index is 12.0. The SMILES string of the molecule is C=C(C)OC(=O)C[C@H](C)N(Cc1ccccc1)Cc1ccccc1. The van der Waals surface area contributed by atoms with E-state index in [0.717, 1.165) is 13.1 Å². The first-order valence-corrected chi connectivity index (χ1v) is 8.22. The molecule has 24 heavy (non-hydrogen) atoms. The fraction of sp³-hybridized carbons (Fsp3) is 0.286. The zero-order valence-electron chi connectivity index (χ0n) is 14.4. The molecule has 0 saturated carbocycles. The molecular formula is C21H25NO2. The van der Waals surface area contributed by atoms with E-state index in [1.807, 2.05) is 36.4 Å². The van der Waals surface area contributed by atoms with Gasteiger partial charge in [-0.1, -0.05) is 67.2 Å². The molecule has 0 unspecified atom stereocenters. The highest BCUT2D eigenvalue weighted by Gasteiger charge is 2.19. The zero-order valence-corrected chi connectivity index (χ0v) is 14.4. The smallest absolute Gasteiger partial charge is 0.312 e. The summed E-state index contributed by atoms with van der Waals surface area (Å²) >= 11 is 0. The molecule has 2 rings (SSSR count). The lowest BCUT2D eigenvalue weighted by molar-refractivity contribution is -0.140. The van der Waals surface area contributed by atoms with Crippen molar-refractivity contribution < 1.29 is 9.53 Å². The Hall–Kier alpha value is -2.39. The van der Waals surface area contributed by atoms with Crippen LogP contribution in [0.1, 0.15) is 31.4 Å². The molecule has 126 valence electrons. The quantitative estimate of drug-likeness (QED) is 0.527. The Kier molecular flexibility index (Phi) is 6.76. The monoisotopic (exact) mass is 323 g/mol. The predicted octanol–water partition coefficient (Wildman–Crippen LogP) is 4.54. The highest BCUT2D eigenvalue weighted by molar-refractivity contribution is 5.71. The molecule has 0 radical (unpaired) electrons. The van der Waals surface area contributed by atoms with Crippen molar-refractivity contribution in [3.05, 3.63) is 84.1 Å². The molecular weight excluding hydrogens is 298 g/mol. The van der Waals surface area contributed by atoms with Crippen LogP contribution in [0, 0.1) is 0 Å². The van der Waals surface area contributed by atoms with Crippen LogP contribution in [0.5, 0.6) is 0 Å². The molecule has 3 heteroatoms. The van der Waals surface area contributed by atoms with Crippen molar-refractivity contribution in [2.45, 2.75) is 39.4 Å². The Morgan fingerprint density at radius 3 is 1.88 bits per heavy atom. The zero-order chi connectivity index (χ0) is 17.4. The average Bonchev–Trinajstić information content (AvgIpc) is 2.55. The van der Waals surface area contributed by atoms with Gasteiger partial charge in [-0.05, 0) is 25.0 Å². The summed E-state index contributed by atoms with van der Waals surface area (Å²) in [5.41, 5.74) is 2.46. The van der Waals surface area contributed by atoms with Crippen LogP contribution < -0.4 is 0 Å². The summed E-state index contributed by atoms with van der Waals surface area (Å²) in [6, 6.07) is 20.7. The third kappa shape index (κ3) is 6.01. The first-order chi connectivity index (χ1) is 11.5. The third-order valence-corrected chi connectivity index (χ3v) is 3.83. The minimum atomic E-state index is -0.235. The van der Waals surface area contributed by atoms with Crippen molar-refractivity contribution in [3.63, 3.8) is 0 Å². The molecule has 0 saturated heterocycles. The molecule has 0 aliphatic carbocycles. The van der Waals surface area contributed by atoms with Crippen molar-refractivity contribution in [1.29, 1.82) is 0 Å². The average molecular weight is 323 g/mol. The van der Waals surface area contributed by atoms with Gasteiger partial charge in [-0.25, -0.2) is 0 Å². The summed E-state index contributed by atoms with van der Waals surface area (Å²) in [6.45, 7) is 8.95. The molecule has 0 aromatic heterocycles. The number of hydrogen-bond acceptors (Lipinski definition) is 3.